The van der Waals surface area contributed by atoms with Gasteiger partial charge in [-0.05, 0) is 50.5 Å². The molecule has 0 saturated heterocycles. The average Bonchev–Trinajstić information content (AvgIpc) is 2.91. The van der Waals surface area contributed by atoms with E-state index in [0.717, 1.165) is 21.3 Å². The van der Waals surface area contributed by atoms with Crippen LogP contribution in [0.2, 0.25) is 0 Å². The molecule has 2 rings (SSSR count). The van der Waals surface area contributed by atoms with Crippen LogP contribution >= 0.6 is 15.9 Å². The third-order valence-electron chi connectivity index (χ3n) is 3.55. The Bertz CT molecular complexity index is 789. The summed E-state index contributed by atoms with van der Waals surface area (Å²) < 4.78 is 11.7. The molecular weight excluding hydrogens is 416 g/mol. The van der Waals surface area contributed by atoms with Gasteiger partial charge in [-0.2, -0.15) is 5.10 Å². The van der Waals surface area contributed by atoms with Crippen LogP contribution in [0.15, 0.2) is 4.60 Å². The van der Waals surface area contributed by atoms with Gasteiger partial charge in [0.2, 0.25) is 5.95 Å². The van der Waals surface area contributed by atoms with Gasteiger partial charge in [0.05, 0.1) is 18.9 Å². The Morgan fingerprint density at radius 1 is 1.33 bits per heavy atom. The van der Waals surface area contributed by atoms with E-state index in [4.69, 9.17) is 9.47 Å². The van der Waals surface area contributed by atoms with Crippen molar-refractivity contribution in [1.29, 1.82) is 0 Å². The molecule has 150 valence electrons. The van der Waals surface area contributed by atoms with E-state index in [9.17, 15) is 4.79 Å². The molecule has 27 heavy (non-hydrogen) atoms. The fraction of sp³-hybridized carbons (Fsp3) is 0.647. The molecule has 0 saturated carbocycles. The van der Waals surface area contributed by atoms with Gasteiger partial charge in [0.1, 0.15) is 21.2 Å². The highest BCUT2D eigenvalue weighted by molar-refractivity contribution is 9.10. The summed E-state index contributed by atoms with van der Waals surface area (Å²) >= 11 is 3.39. The van der Waals surface area contributed by atoms with Crippen molar-refractivity contribution in [3.8, 4) is 0 Å². The standard InChI is InChI=1S/C17H27BrN6O3/c1-10(9-26-8-7-24(6)16(25)27-17(3,4)5)19-15-20-11(2)12-13(21-15)14(18)23-22-12/h10H,7-9H2,1-6H3,(H,22,23)(H,19,20,21)/t10-/m1/s1. The zero-order valence-corrected chi connectivity index (χ0v) is 18.2. The highest BCUT2D eigenvalue weighted by Gasteiger charge is 2.19. The molecule has 9 nitrogen and oxygen atoms in total. The van der Waals surface area contributed by atoms with Gasteiger partial charge in [-0.1, -0.05) is 0 Å². The summed E-state index contributed by atoms with van der Waals surface area (Å²) in [5.74, 6) is 0.518. The molecule has 0 spiro atoms. The summed E-state index contributed by atoms with van der Waals surface area (Å²) in [6, 6.07) is -0.000593. The molecular formula is C17H27BrN6O3. The molecule has 0 fully saturated rings. The molecule has 2 aromatic heterocycles. The number of aryl methyl sites for hydroxylation is 1. The number of H-pyrrole nitrogens is 1. The topological polar surface area (TPSA) is 105 Å². The summed E-state index contributed by atoms with van der Waals surface area (Å²) in [4.78, 5) is 22.3. The second kappa shape index (κ2) is 8.83. The summed E-state index contributed by atoms with van der Waals surface area (Å²) in [5, 5.41) is 10.2. The molecule has 0 bridgehead atoms. The van der Waals surface area contributed by atoms with Crippen molar-refractivity contribution in [2.24, 2.45) is 0 Å². The summed E-state index contributed by atoms with van der Waals surface area (Å²) in [7, 11) is 1.69. The van der Waals surface area contributed by atoms with Crippen LogP contribution in [-0.4, -0.2) is 69.6 Å². The number of likely N-dealkylation sites (N-methyl/N-ethyl adjacent to an activating group) is 1. The maximum Gasteiger partial charge on any atom is 0.410 e. The molecule has 1 amide bonds. The lowest BCUT2D eigenvalue weighted by Gasteiger charge is -2.24. The van der Waals surface area contributed by atoms with Crippen molar-refractivity contribution in [2.45, 2.75) is 46.3 Å². The van der Waals surface area contributed by atoms with Gasteiger partial charge in [0.25, 0.3) is 0 Å². The number of anilines is 1. The van der Waals surface area contributed by atoms with Gasteiger partial charge in [-0.15, -0.1) is 0 Å². The lowest BCUT2D eigenvalue weighted by atomic mass is 10.2. The van der Waals surface area contributed by atoms with E-state index in [1.165, 1.54) is 4.90 Å². The molecule has 0 radical (unpaired) electrons. The number of aromatic amines is 1. The summed E-state index contributed by atoms with van der Waals surface area (Å²) in [6.45, 7) is 10.7. The minimum Gasteiger partial charge on any atom is -0.444 e. The van der Waals surface area contributed by atoms with Crippen LogP contribution < -0.4 is 5.32 Å². The molecule has 2 aromatic rings. The second-order valence-electron chi connectivity index (χ2n) is 7.39. The number of hydrogen-bond donors (Lipinski definition) is 2. The fourth-order valence-corrected chi connectivity index (χ4v) is 2.60. The van der Waals surface area contributed by atoms with Gasteiger partial charge in [-0.3, -0.25) is 5.10 Å². The van der Waals surface area contributed by atoms with E-state index in [2.05, 4.69) is 41.4 Å². The zero-order chi connectivity index (χ0) is 20.2. The first kappa shape index (κ1) is 21.4. The Morgan fingerprint density at radius 3 is 2.70 bits per heavy atom. The highest BCUT2D eigenvalue weighted by atomic mass is 79.9. The predicted octanol–water partition coefficient (Wildman–Crippen LogP) is 3.11. The number of nitrogens with one attached hydrogen (secondary N) is 2. The molecule has 0 unspecified atom stereocenters. The van der Waals surface area contributed by atoms with Crippen molar-refractivity contribution < 1.29 is 14.3 Å². The van der Waals surface area contributed by atoms with Gasteiger partial charge in [-0.25, -0.2) is 14.8 Å². The van der Waals surface area contributed by atoms with Crippen LogP contribution in [-0.2, 0) is 9.47 Å². The van der Waals surface area contributed by atoms with Crippen molar-refractivity contribution in [3.63, 3.8) is 0 Å². The fourth-order valence-electron chi connectivity index (χ4n) is 2.23. The van der Waals surface area contributed by atoms with E-state index in [0.29, 0.717) is 25.7 Å². The number of carbonyl (C=O) groups is 1. The Hall–Kier alpha value is -1.94. The minimum absolute atomic E-state index is 0.000593. The Kier molecular flexibility index (Phi) is 6.99. The number of carbonyl (C=O) groups excluding carboxylic acids is 1. The van der Waals surface area contributed by atoms with Crippen LogP contribution in [0.5, 0.6) is 0 Å². The second-order valence-corrected chi connectivity index (χ2v) is 8.18. The maximum atomic E-state index is 11.9. The van der Waals surface area contributed by atoms with Crippen LogP contribution in [0, 0.1) is 6.92 Å². The third-order valence-corrected chi connectivity index (χ3v) is 4.10. The molecule has 1 atom stereocenters. The molecule has 0 aliphatic rings. The number of amides is 1. The van der Waals surface area contributed by atoms with E-state index >= 15 is 0 Å². The quantitative estimate of drug-likeness (QED) is 0.634. The first-order valence-electron chi connectivity index (χ1n) is 8.73. The first-order valence-corrected chi connectivity index (χ1v) is 9.52. The number of rotatable bonds is 7. The van der Waals surface area contributed by atoms with Crippen LogP contribution in [0.1, 0.15) is 33.4 Å². The van der Waals surface area contributed by atoms with Gasteiger partial charge in [0, 0.05) is 19.6 Å². The maximum absolute atomic E-state index is 11.9. The normalized spacial score (nSPS) is 12.9. The van der Waals surface area contributed by atoms with Crippen LogP contribution in [0.3, 0.4) is 0 Å². The lowest BCUT2D eigenvalue weighted by molar-refractivity contribution is 0.0229. The van der Waals surface area contributed by atoms with E-state index < -0.39 is 5.60 Å². The molecule has 2 heterocycles. The lowest BCUT2D eigenvalue weighted by Crippen LogP contribution is -2.36. The third kappa shape index (κ3) is 6.31. The van der Waals surface area contributed by atoms with Crippen molar-refractivity contribution >= 4 is 39.0 Å². The van der Waals surface area contributed by atoms with Crippen LogP contribution in [0.25, 0.3) is 11.0 Å². The predicted molar refractivity (Wildman–Crippen MR) is 107 cm³/mol. The highest BCUT2D eigenvalue weighted by Crippen LogP contribution is 2.22. The van der Waals surface area contributed by atoms with Crippen molar-refractivity contribution in [2.75, 3.05) is 32.1 Å². The Balaban J connectivity index is 1.77. The number of fused-ring (bicyclic) bond motifs is 1. The van der Waals surface area contributed by atoms with Crippen LogP contribution in [0.4, 0.5) is 10.7 Å². The van der Waals surface area contributed by atoms with E-state index in [1.807, 2.05) is 34.6 Å². The van der Waals surface area contributed by atoms with Gasteiger partial charge < -0.3 is 19.7 Å². The van der Waals surface area contributed by atoms with Crippen molar-refractivity contribution in [3.05, 3.63) is 10.3 Å². The number of nitrogens with zero attached hydrogens (tertiary/aromatic N) is 4. The van der Waals surface area contributed by atoms with E-state index in [-0.39, 0.29) is 12.1 Å². The first-order chi connectivity index (χ1) is 12.6. The van der Waals surface area contributed by atoms with E-state index in [1.54, 1.807) is 7.05 Å². The smallest absolute Gasteiger partial charge is 0.410 e. The molecule has 0 aromatic carbocycles. The molecule has 0 aliphatic heterocycles. The Labute approximate surface area is 167 Å². The van der Waals surface area contributed by atoms with Gasteiger partial charge >= 0.3 is 6.09 Å². The zero-order valence-electron chi connectivity index (χ0n) is 16.6. The number of hydrogen-bond acceptors (Lipinski definition) is 7. The number of aromatic nitrogens is 4. The Morgan fingerprint density at radius 2 is 2.04 bits per heavy atom. The summed E-state index contributed by atoms with van der Waals surface area (Å²) in [5.41, 5.74) is 1.75. The number of halogens is 1. The largest absolute Gasteiger partial charge is 0.444 e. The van der Waals surface area contributed by atoms with Crippen molar-refractivity contribution in [1.82, 2.24) is 25.1 Å². The molecule has 0 aliphatic carbocycles. The number of ether oxygens (including phenoxy) is 2. The SMILES string of the molecule is Cc1nc(N[C@H](C)COCCN(C)C(=O)OC(C)(C)C)nc2c(Br)[nH]nc12. The van der Waals surface area contributed by atoms with Gasteiger partial charge in [0.15, 0.2) is 0 Å². The summed E-state index contributed by atoms with van der Waals surface area (Å²) in [6.07, 6.45) is -0.361. The minimum atomic E-state index is -0.506. The molecule has 2 N–H and O–H groups in total. The molecule has 10 heteroatoms. The average molecular weight is 443 g/mol. The monoisotopic (exact) mass is 442 g/mol.